The van der Waals surface area contributed by atoms with Crippen molar-refractivity contribution in [2.75, 3.05) is 6.61 Å². The van der Waals surface area contributed by atoms with E-state index in [2.05, 4.69) is 16.0 Å². The summed E-state index contributed by atoms with van der Waals surface area (Å²) in [7, 11) is 0. The molecular weight excluding hydrogens is 518 g/mol. The molecule has 3 aromatic carbocycles. The number of benzene rings is 3. The number of amides is 3. The van der Waals surface area contributed by atoms with E-state index in [0.29, 0.717) is 17.5 Å². The van der Waals surface area contributed by atoms with Crippen molar-refractivity contribution in [3.8, 4) is 0 Å². The van der Waals surface area contributed by atoms with Gasteiger partial charge in [0.2, 0.25) is 11.8 Å². The molecule has 0 aromatic heterocycles. The third kappa shape index (κ3) is 10.8. The van der Waals surface area contributed by atoms with Crippen molar-refractivity contribution in [1.29, 1.82) is 0 Å². The zero-order valence-corrected chi connectivity index (χ0v) is 24.2. The van der Waals surface area contributed by atoms with Gasteiger partial charge in [0.05, 0.1) is 25.4 Å². The maximum absolute atomic E-state index is 13.4. The Morgan fingerprint density at radius 2 is 1.39 bits per heavy atom. The molecule has 0 aliphatic heterocycles. The van der Waals surface area contributed by atoms with Gasteiger partial charge in [0.15, 0.2) is 0 Å². The van der Waals surface area contributed by atoms with Gasteiger partial charge in [-0.05, 0) is 49.9 Å². The number of hydrogen-bond acceptors (Lipinski definition) is 5. The Balaban J connectivity index is 1.78. The van der Waals surface area contributed by atoms with Crippen LogP contribution in [0.15, 0.2) is 84.9 Å². The summed E-state index contributed by atoms with van der Waals surface area (Å²) >= 11 is 0. The molecule has 0 aliphatic carbocycles. The Morgan fingerprint density at radius 3 is 2.00 bits per heavy atom. The number of rotatable bonds is 13. The second-order valence-electron chi connectivity index (χ2n) is 11.2. The zero-order chi connectivity index (χ0) is 29.8. The lowest BCUT2D eigenvalue weighted by Crippen LogP contribution is -2.54. The van der Waals surface area contributed by atoms with Crippen molar-refractivity contribution in [2.24, 2.45) is 0 Å². The Kier molecular flexibility index (Phi) is 11.6. The highest BCUT2D eigenvalue weighted by molar-refractivity contribution is 5.96. The third-order valence-electron chi connectivity index (χ3n) is 6.36. The van der Waals surface area contributed by atoms with Gasteiger partial charge in [0, 0.05) is 24.4 Å². The fourth-order valence-electron chi connectivity index (χ4n) is 4.43. The average molecular weight is 560 g/mol. The number of carbonyl (C=O) groups excluding carboxylic acids is 3. The molecule has 3 aromatic rings. The van der Waals surface area contributed by atoms with Crippen molar-refractivity contribution in [3.63, 3.8) is 0 Å². The summed E-state index contributed by atoms with van der Waals surface area (Å²) in [6.07, 6.45) is -0.534. The highest BCUT2D eigenvalue weighted by Gasteiger charge is 2.28. The van der Waals surface area contributed by atoms with E-state index < -0.39 is 29.6 Å². The highest BCUT2D eigenvalue weighted by Crippen LogP contribution is 2.17. The van der Waals surface area contributed by atoms with Crippen molar-refractivity contribution in [2.45, 2.75) is 70.9 Å². The van der Waals surface area contributed by atoms with Crippen molar-refractivity contribution in [1.82, 2.24) is 16.0 Å². The van der Waals surface area contributed by atoms with Crippen LogP contribution in [0.3, 0.4) is 0 Å². The summed E-state index contributed by atoms with van der Waals surface area (Å²) in [5.41, 5.74) is 2.58. The van der Waals surface area contributed by atoms with Crippen LogP contribution in [0.4, 0.5) is 0 Å². The number of ether oxygens (including phenoxy) is 1. The number of aliphatic hydroxyl groups is 1. The van der Waals surface area contributed by atoms with E-state index in [1.54, 1.807) is 18.2 Å². The molecule has 3 atom stereocenters. The van der Waals surface area contributed by atoms with Crippen molar-refractivity contribution < 1.29 is 24.2 Å². The molecule has 8 heteroatoms. The van der Waals surface area contributed by atoms with Crippen LogP contribution in [0.5, 0.6) is 0 Å². The molecule has 0 unspecified atom stereocenters. The Labute approximate surface area is 242 Å². The van der Waals surface area contributed by atoms with Crippen molar-refractivity contribution in [3.05, 3.63) is 107 Å². The fourth-order valence-corrected chi connectivity index (χ4v) is 4.43. The van der Waals surface area contributed by atoms with E-state index in [1.807, 2.05) is 87.5 Å². The predicted octanol–water partition coefficient (Wildman–Crippen LogP) is 3.57. The highest BCUT2D eigenvalue weighted by atomic mass is 16.5. The number of carbonyl (C=O) groups is 3. The molecule has 0 radical (unpaired) electrons. The predicted molar refractivity (Wildman–Crippen MR) is 159 cm³/mol. The minimum Gasteiger partial charge on any atom is -0.391 e. The molecule has 218 valence electrons. The van der Waals surface area contributed by atoms with Crippen LogP contribution >= 0.6 is 0 Å². The molecule has 3 rings (SSSR count). The Bertz CT molecular complexity index is 1270. The molecule has 41 heavy (non-hydrogen) atoms. The minimum absolute atomic E-state index is 0.0374. The second kappa shape index (κ2) is 15.1. The van der Waals surface area contributed by atoms with Crippen LogP contribution < -0.4 is 16.0 Å². The molecule has 0 saturated heterocycles. The average Bonchev–Trinajstić information content (AvgIpc) is 2.92. The standard InChI is InChI=1S/C33H41N3O5/c1-23(37)34-29(22-41-21-25-15-9-6-10-16-25)32(40)35-28(19-24-13-7-5-8-14-24)30(38)20-26-17-11-12-18-27(26)31(39)36-33(2,3)4/h5-18,28-30,38H,19-22H2,1-4H3,(H,34,37)(H,35,40)(H,36,39)/t28-,29+,30+/m0/s1. The van der Waals surface area contributed by atoms with Crippen LogP contribution in [0.1, 0.15) is 54.7 Å². The van der Waals surface area contributed by atoms with Gasteiger partial charge < -0.3 is 25.8 Å². The third-order valence-corrected chi connectivity index (χ3v) is 6.36. The van der Waals surface area contributed by atoms with Crippen LogP contribution in [0.2, 0.25) is 0 Å². The van der Waals surface area contributed by atoms with Crippen LogP contribution in [-0.4, -0.2) is 53.2 Å². The summed E-state index contributed by atoms with van der Waals surface area (Å²) in [6.45, 7) is 7.31. The maximum atomic E-state index is 13.4. The molecule has 0 saturated carbocycles. The fraction of sp³-hybridized carbons (Fsp3) is 0.364. The van der Waals surface area contributed by atoms with Crippen LogP contribution in [0.25, 0.3) is 0 Å². The molecule has 3 amide bonds. The Hall–Kier alpha value is -4.01. The molecule has 0 aliphatic rings. The lowest BCUT2D eigenvalue weighted by molar-refractivity contribution is -0.131. The van der Waals surface area contributed by atoms with Gasteiger partial charge >= 0.3 is 0 Å². The number of hydrogen-bond donors (Lipinski definition) is 4. The summed E-state index contributed by atoms with van der Waals surface area (Å²) in [4.78, 5) is 38.3. The normalized spacial score (nSPS) is 13.5. The van der Waals surface area contributed by atoms with Gasteiger partial charge in [0.25, 0.3) is 5.91 Å². The molecule has 4 N–H and O–H groups in total. The molecular formula is C33H41N3O5. The van der Waals surface area contributed by atoms with E-state index in [-0.39, 0.29) is 31.4 Å². The van der Waals surface area contributed by atoms with E-state index in [9.17, 15) is 19.5 Å². The SMILES string of the molecule is CC(=O)N[C@H](COCc1ccccc1)C(=O)N[C@@H](Cc1ccccc1)[C@H](O)Cc1ccccc1C(=O)NC(C)(C)C. The molecule has 8 nitrogen and oxygen atoms in total. The van der Waals surface area contributed by atoms with Gasteiger partial charge in [-0.2, -0.15) is 0 Å². The number of nitrogens with one attached hydrogen (secondary N) is 3. The maximum Gasteiger partial charge on any atom is 0.251 e. The Morgan fingerprint density at radius 1 is 0.805 bits per heavy atom. The molecule has 0 fully saturated rings. The van der Waals surface area contributed by atoms with Gasteiger partial charge in [-0.25, -0.2) is 0 Å². The van der Waals surface area contributed by atoms with E-state index in [4.69, 9.17) is 4.74 Å². The summed E-state index contributed by atoms with van der Waals surface area (Å²) in [5, 5.41) is 20.0. The van der Waals surface area contributed by atoms with Gasteiger partial charge in [-0.1, -0.05) is 78.9 Å². The zero-order valence-electron chi connectivity index (χ0n) is 24.2. The largest absolute Gasteiger partial charge is 0.391 e. The number of aliphatic hydroxyl groups excluding tert-OH is 1. The van der Waals surface area contributed by atoms with E-state index in [0.717, 1.165) is 11.1 Å². The van der Waals surface area contributed by atoms with E-state index in [1.165, 1.54) is 6.92 Å². The van der Waals surface area contributed by atoms with Gasteiger partial charge in [0.1, 0.15) is 6.04 Å². The minimum atomic E-state index is -1.02. The monoisotopic (exact) mass is 559 g/mol. The summed E-state index contributed by atoms with van der Waals surface area (Å²) in [6, 6.07) is 24.5. The lowest BCUT2D eigenvalue weighted by atomic mass is 9.93. The van der Waals surface area contributed by atoms with Gasteiger partial charge in [-0.15, -0.1) is 0 Å². The first-order valence-corrected chi connectivity index (χ1v) is 13.8. The van der Waals surface area contributed by atoms with Crippen LogP contribution in [-0.2, 0) is 33.8 Å². The summed E-state index contributed by atoms with van der Waals surface area (Å²) in [5.74, 6) is -1.07. The van der Waals surface area contributed by atoms with E-state index >= 15 is 0 Å². The quantitative estimate of drug-likeness (QED) is 0.256. The first-order valence-electron chi connectivity index (χ1n) is 13.8. The lowest BCUT2D eigenvalue weighted by Gasteiger charge is -2.28. The topological polar surface area (TPSA) is 117 Å². The summed E-state index contributed by atoms with van der Waals surface area (Å²) < 4.78 is 5.76. The first kappa shape index (κ1) is 31.5. The van der Waals surface area contributed by atoms with Gasteiger partial charge in [-0.3, -0.25) is 14.4 Å². The van der Waals surface area contributed by atoms with Crippen LogP contribution in [0, 0.1) is 0 Å². The molecule has 0 spiro atoms. The molecule has 0 bridgehead atoms. The smallest absolute Gasteiger partial charge is 0.251 e. The first-order chi connectivity index (χ1) is 19.5. The second-order valence-corrected chi connectivity index (χ2v) is 11.2. The molecule has 0 heterocycles. The van der Waals surface area contributed by atoms with Crippen molar-refractivity contribution >= 4 is 17.7 Å².